The largest absolute Gasteiger partial charge is 1.00 e. The van der Waals surface area contributed by atoms with Crippen LogP contribution in [0.15, 0.2) is 24.3 Å². The van der Waals surface area contributed by atoms with Crippen LogP contribution in [0.1, 0.15) is 60.2 Å². The number of rotatable bonds is 8. The van der Waals surface area contributed by atoms with Gasteiger partial charge in [0.25, 0.3) is 0 Å². The van der Waals surface area contributed by atoms with Crippen molar-refractivity contribution in [1.29, 1.82) is 0 Å². The molecule has 0 spiro atoms. The van der Waals surface area contributed by atoms with Crippen molar-refractivity contribution in [2.24, 2.45) is 5.92 Å². The Morgan fingerprint density at radius 1 is 1.19 bits per heavy atom. The van der Waals surface area contributed by atoms with Gasteiger partial charge in [0.05, 0.1) is 18.1 Å². The average Bonchev–Trinajstić information content (AvgIpc) is 2.47. The summed E-state index contributed by atoms with van der Waals surface area (Å²) in [5.74, 6) is -1.63. The molecular weight excluding hydrogens is 295 g/mol. The third-order valence-corrected chi connectivity index (χ3v) is 3.36. The van der Waals surface area contributed by atoms with Gasteiger partial charge < -0.3 is 14.6 Å². The van der Waals surface area contributed by atoms with Gasteiger partial charge in [0.1, 0.15) is 0 Å². The molecule has 1 aromatic rings. The number of unbranched alkanes of at least 4 members (excludes halogenated alkanes) is 1. The Morgan fingerprint density at radius 3 is 2.33 bits per heavy atom. The summed E-state index contributed by atoms with van der Waals surface area (Å²) in [5.41, 5.74) is -0.0723. The third-order valence-electron chi connectivity index (χ3n) is 3.36. The zero-order valence-corrected chi connectivity index (χ0v) is 16.2. The van der Waals surface area contributed by atoms with Crippen molar-refractivity contribution in [3.8, 4) is 0 Å². The maximum absolute atomic E-state index is 12.0. The molecule has 5 heteroatoms. The van der Waals surface area contributed by atoms with Gasteiger partial charge in [-0.15, -0.1) is 0 Å². The SMILES string of the molecule is CCCCC(CC)COC(=O)c1ccccc1C(=O)[O-].[K+]. The summed E-state index contributed by atoms with van der Waals surface area (Å²) >= 11 is 0. The first kappa shape index (κ1) is 20.8. The number of benzene rings is 1. The molecule has 21 heavy (non-hydrogen) atoms. The molecule has 0 radical (unpaired) electrons. The smallest absolute Gasteiger partial charge is 0.545 e. The summed E-state index contributed by atoms with van der Waals surface area (Å²) < 4.78 is 5.24. The minimum absolute atomic E-state index is 0. The van der Waals surface area contributed by atoms with Gasteiger partial charge in [-0.05, 0) is 18.4 Å². The van der Waals surface area contributed by atoms with Crippen molar-refractivity contribution in [3.63, 3.8) is 0 Å². The first-order chi connectivity index (χ1) is 9.60. The molecule has 0 aromatic heterocycles. The molecule has 4 nitrogen and oxygen atoms in total. The normalized spacial score (nSPS) is 11.3. The summed E-state index contributed by atoms with van der Waals surface area (Å²) in [6, 6.07) is 5.95. The number of carbonyl (C=O) groups excluding carboxylic acids is 2. The fourth-order valence-corrected chi connectivity index (χ4v) is 2.01. The molecule has 0 aliphatic rings. The second kappa shape index (κ2) is 11.4. The van der Waals surface area contributed by atoms with E-state index in [0.717, 1.165) is 25.7 Å². The van der Waals surface area contributed by atoms with Gasteiger partial charge in [-0.1, -0.05) is 51.3 Å². The molecule has 0 fully saturated rings. The van der Waals surface area contributed by atoms with Crippen molar-refractivity contribution < 1.29 is 70.8 Å². The molecule has 0 bridgehead atoms. The molecule has 1 unspecified atom stereocenters. The van der Waals surface area contributed by atoms with Crippen molar-refractivity contribution >= 4 is 11.9 Å². The molecule has 0 aliphatic heterocycles. The molecular formula is C16H21KO4. The molecule has 0 aliphatic carbocycles. The standard InChI is InChI=1S/C16H22O4.K/c1-3-5-8-12(4-2)11-20-16(19)14-10-7-6-9-13(14)15(17)18;/h6-7,9-10,12H,3-5,8,11H2,1-2H3,(H,17,18);/q;+1/p-1. The van der Waals surface area contributed by atoms with Crippen molar-refractivity contribution in [2.45, 2.75) is 39.5 Å². The van der Waals surface area contributed by atoms with Gasteiger partial charge in [-0.25, -0.2) is 4.79 Å². The summed E-state index contributed by atoms with van der Waals surface area (Å²) in [7, 11) is 0. The zero-order valence-electron chi connectivity index (χ0n) is 13.1. The third kappa shape index (κ3) is 7.06. The number of carboxylic acids is 1. The fourth-order valence-electron chi connectivity index (χ4n) is 2.01. The van der Waals surface area contributed by atoms with Crippen LogP contribution in [0.25, 0.3) is 0 Å². The topological polar surface area (TPSA) is 66.4 Å². The number of esters is 1. The predicted molar refractivity (Wildman–Crippen MR) is 74.4 cm³/mol. The predicted octanol–water partition coefficient (Wildman–Crippen LogP) is -0.573. The Labute approximate surface area is 168 Å². The van der Waals surface area contributed by atoms with Gasteiger partial charge in [0.15, 0.2) is 0 Å². The van der Waals surface area contributed by atoms with Crippen LogP contribution < -0.4 is 56.5 Å². The van der Waals surface area contributed by atoms with Crippen LogP contribution in [-0.2, 0) is 4.74 Å². The maximum atomic E-state index is 12.0. The van der Waals surface area contributed by atoms with E-state index < -0.39 is 11.9 Å². The Balaban J connectivity index is 0.00000400. The molecule has 0 saturated carbocycles. The first-order valence-electron chi connectivity index (χ1n) is 7.07. The maximum Gasteiger partial charge on any atom is 1.00 e. The monoisotopic (exact) mass is 316 g/mol. The summed E-state index contributed by atoms with van der Waals surface area (Å²) in [5, 5.41) is 10.9. The Morgan fingerprint density at radius 2 is 1.81 bits per heavy atom. The molecule has 1 atom stereocenters. The molecule has 1 rings (SSSR count). The first-order valence-corrected chi connectivity index (χ1v) is 7.07. The Hall–Kier alpha value is -0.204. The second-order valence-corrected chi connectivity index (χ2v) is 4.85. The number of ether oxygens (including phenoxy) is 1. The molecule has 0 amide bonds. The fraction of sp³-hybridized carbons (Fsp3) is 0.500. The molecule has 110 valence electrons. The van der Waals surface area contributed by atoms with Crippen molar-refractivity contribution in [3.05, 3.63) is 35.4 Å². The van der Waals surface area contributed by atoms with Gasteiger partial charge in [0, 0.05) is 5.56 Å². The van der Waals surface area contributed by atoms with E-state index in [9.17, 15) is 14.7 Å². The van der Waals surface area contributed by atoms with Crippen molar-refractivity contribution in [1.82, 2.24) is 0 Å². The summed E-state index contributed by atoms with van der Waals surface area (Å²) in [4.78, 5) is 22.9. The number of carbonyl (C=O) groups is 2. The number of carboxylic acid groups (broad SMARTS) is 1. The summed E-state index contributed by atoms with van der Waals surface area (Å²) in [6.45, 7) is 4.51. The van der Waals surface area contributed by atoms with E-state index in [-0.39, 0.29) is 62.5 Å². The van der Waals surface area contributed by atoms with Crippen LogP contribution in [0, 0.1) is 5.92 Å². The van der Waals surface area contributed by atoms with Crippen molar-refractivity contribution in [2.75, 3.05) is 6.61 Å². The van der Waals surface area contributed by atoms with Crippen LogP contribution in [-0.4, -0.2) is 18.5 Å². The quantitative estimate of drug-likeness (QED) is 0.476. The van der Waals surface area contributed by atoms with E-state index in [4.69, 9.17) is 4.74 Å². The number of hydrogen-bond acceptors (Lipinski definition) is 4. The van der Waals surface area contributed by atoms with Crippen LogP contribution >= 0.6 is 0 Å². The molecule has 0 saturated heterocycles. The average molecular weight is 316 g/mol. The van der Waals surface area contributed by atoms with E-state index >= 15 is 0 Å². The minimum Gasteiger partial charge on any atom is -0.545 e. The van der Waals surface area contributed by atoms with Gasteiger partial charge in [-0.2, -0.15) is 0 Å². The van der Waals surface area contributed by atoms with Gasteiger partial charge in [0.2, 0.25) is 0 Å². The van der Waals surface area contributed by atoms with Gasteiger partial charge in [-0.3, -0.25) is 0 Å². The van der Waals surface area contributed by atoms with E-state index in [0.29, 0.717) is 12.5 Å². The molecule has 0 N–H and O–H groups in total. The molecule has 1 aromatic carbocycles. The van der Waals surface area contributed by atoms with Crippen LogP contribution in [0.2, 0.25) is 0 Å². The second-order valence-electron chi connectivity index (χ2n) is 4.85. The zero-order chi connectivity index (χ0) is 15.0. The Bertz CT molecular complexity index is 459. The van der Waals surface area contributed by atoms with Crippen LogP contribution in [0.4, 0.5) is 0 Å². The van der Waals surface area contributed by atoms with E-state index in [1.165, 1.54) is 12.1 Å². The number of aromatic carboxylic acids is 1. The van der Waals surface area contributed by atoms with E-state index in [1.54, 1.807) is 12.1 Å². The minimum atomic E-state index is -1.37. The van der Waals surface area contributed by atoms with E-state index in [2.05, 4.69) is 13.8 Å². The van der Waals surface area contributed by atoms with Gasteiger partial charge >= 0.3 is 57.4 Å². The Kier molecular flexibility index (Phi) is 11.3. The van der Waals surface area contributed by atoms with Crippen LogP contribution in [0.3, 0.4) is 0 Å². The van der Waals surface area contributed by atoms with Crippen LogP contribution in [0.5, 0.6) is 0 Å². The molecule has 0 heterocycles. The summed E-state index contributed by atoms with van der Waals surface area (Å²) in [6.07, 6.45) is 4.17. The number of hydrogen-bond donors (Lipinski definition) is 0. The van der Waals surface area contributed by atoms with E-state index in [1.807, 2.05) is 0 Å².